The first-order valence-electron chi connectivity index (χ1n) is 6.33. The molecule has 17 heavy (non-hydrogen) atoms. The van der Waals surface area contributed by atoms with Gasteiger partial charge in [-0.2, -0.15) is 0 Å². The summed E-state index contributed by atoms with van der Waals surface area (Å²) in [6.07, 6.45) is 3.94. The summed E-state index contributed by atoms with van der Waals surface area (Å²) in [5.41, 5.74) is 1.12. The van der Waals surface area contributed by atoms with Crippen LogP contribution in [0.3, 0.4) is 0 Å². The van der Waals surface area contributed by atoms with Gasteiger partial charge in [0.1, 0.15) is 0 Å². The Labute approximate surface area is 114 Å². The van der Waals surface area contributed by atoms with E-state index in [9.17, 15) is 0 Å². The molecule has 1 aromatic rings. The molecule has 0 aromatic heterocycles. The molecule has 0 unspecified atom stereocenters. The van der Waals surface area contributed by atoms with Gasteiger partial charge < -0.3 is 4.90 Å². The van der Waals surface area contributed by atoms with Crippen LogP contribution in [0, 0.1) is 0 Å². The van der Waals surface area contributed by atoms with Crippen molar-refractivity contribution < 1.29 is 0 Å². The van der Waals surface area contributed by atoms with Crippen LogP contribution in [0.4, 0.5) is 0 Å². The predicted molar refractivity (Wildman–Crippen MR) is 75.0 cm³/mol. The monoisotopic (exact) mass is 271 g/mol. The lowest BCUT2D eigenvalue weighted by molar-refractivity contribution is 0.227. The maximum absolute atomic E-state index is 6.43. The van der Waals surface area contributed by atoms with Gasteiger partial charge in [-0.3, -0.25) is 0 Å². The summed E-state index contributed by atoms with van der Waals surface area (Å²) in [6, 6.07) is 10.1. The molecule has 2 rings (SSSR count). The number of halogens is 2. The molecule has 0 amide bonds. The fourth-order valence-corrected chi connectivity index (χ4v) is 2.89. The fraction of sp³-hybridized carbons (Fsp3) is 0.571. The number of hydrogen-bond acceptors (Lipinski definition) is 1. The van der Waals surface area contributed by atoms with E-state index in [1.165, 1.54) is 32.4 Å². The third-order valence-corrected chi connectivity index (χ3v) is 4.39. The molecule has 1 nitrogen and oxygen atoms in total. The first-order valence-corrected chi connectivity index (χ1v) is 7.20. The van der Waals surface area contributed by atoms with Crippen LogP contribution in [-0.4, -0.2) is 29.9 Å². The van der Waals surface area contributed by atoms with E-state index in [0.29, 0.717) is 0 Å². The second kappa shape index (κ2) is 6.63. The Kier molecular flexibility index (Phi) is 5.15. The SMILES string of the molecule is Cl[C@H](c1ccccc1)[C@@H](Cl)CN1CCCCC1. The van der Waals surface area contributed by atoms with Crippen LogP contribution in [0.2, 0.25) is 0 Å². The highest BCUT2D eigenvalue weighted by molar-refractivity contribution is 6.30. The maximum Gasteiger partial charge on any atom is 0.0761 e. The molecular formula is C14H19Cl2N. The summed E-state index contributed by atoms with van der Waals surface area (Å²) >= 11 is 12.8. The number of rotatable bonds is 4. The largest absolute Gasteiger partial charge is 0.302 e. The van der Waals surface area contributed by atoms with Crippen LogP contribution < -0.4 is 0 Å². The molecule has 0 radical (unpaired) electrons. The van der Waals surface area contributed by atoms with Crippen LogP contribution in [0.1, 0.15) is 30.2 Å². The van der Waals surface area contributed by atoms with Crippen LogP contribution in [0.5, 0.6) is 0 Å². The number of benzene rings is 1. The molecule has 0 saturated carbocycles. The van der Waals surface area contributed by atoms with Crippen molar-refractivity contribution in [3.63, 3.8) is 0 Å². The standard InChI is InChI=1S/C14H19Cl2N/c15-13(11-17-9-5-2-6-10-17)14(16)12-7-3-1-4-8-12/h1,3-4,7-8,13-14H,2,5-6,9-11H2/t13-,14+/m0/s1. The van der Waals surface area contributed by atoms with Crippen molar-refractivity contribution in [3.8, 4) is 0 Å². The summed E-state index contributed by atoms with van der Waals surface area (Å²) in [5.74, 6) is 0. The Bertz CT molecular complexity index is 322. The molecule has 0 N–H and O–H groups in total. The summed E-state index contributed by atoms with van der Waals surface area (Å²) in [4.78, 5) is 2.43. The van der Waals surface area contributed by atoms with Gasteiger partial charge in [-0.1, -0.05) is 36.8 Å². The molecule has 0 bridgehead atoms. The molecule has 1 heterocycles. The van der Waals surface area contributed by atoms with Gasteiger partial charge in [0.05, 0.1) is 10.8 Å². The molecule has 1 aliphatic rings. The van der Waals surface area contributed by atoms with Crippen LogP contribution in [0.15, 0.2) is 30.3 Å². The van der Waals surface area contributed by atoms with Crippen LogP contribution in [-0.2, 0) is 0 Å². The number of alkyl halides is 2. The van der Waals surface area contributed by atoms with Crippen LogP contribution in [0.25, 0.3) is 0 Å². The highest BCUT2D eigenvalue weighted by Gasteiger charge is 2.22. The lowest BCUT2D eigenvalue weighted by atomic mass is 10.1. The number of likely N-dealkylation sites (tertiary alicyclic amines) is 1. The molecule has 94 valence electrons. The van der Waals surface area contributed by atoms with Crippen molar-refractivity contribution in [3.05, 3.63) is 35.9 Å². The van der Waals surface area contributed by atoms with Crippen molar-refractivity contribution in [1.29, 1.82) is 0 Å². The average Bonchev–Trinajstić information content (AvgIpc) is 2.40. The van der Waals surface area contributed by atoms with Gasteiger partial charge in [-0.15, -0.1) is 23.2 Å². The van der Waals surface area contributed by atoms with Gasteiger partial charge in [0.25, 0.3) is 0 Å². The van der Waals surface area contributed by atoms with E-state index in [0.717, 1.165) is 12.1 Å². The highest BCUT2D eigenvalue weighted by Crippen LogP contribution is 2.28. The van der Waals surface area contributed by atoms with E-state index in [1.807, 2.05) is 30.3 Å². The first-order chi connectivity index (χ1) is 8.27. The molecule has 3 heteroatoms. The van der Waals surface area contributed by atoms with E-state index in [4.69, 9.17) is 23.2 Å². The third kappa shape index (κ3) is 3.87. The second-order valence-electron chi connectivity index (χ2n) is 4.69. The molecular weight excluding hydrogens is 253 g/mol. The Balaban J connectivity index is 1.88. The Morgan fingerprint density at radius 3 is 2.29 bits per heavy atom. The van der Waals surface area contributed by atoms with Crippen molar-refractivity contribution in [2.75, 3.05) is 19.6 Å². The van der Waals surface area contributed by atoms with Gasteiger partial charge in [-0.25, -0.2) is 0 Å². The van der Waals surface area contributed by atoms with Gasteiger partial charge in [0, 0.05) is 6.54 Å². The molecule has 1 aliphatic heterocycles. The molecule has 1 saturated heterocycles. The van der Waals surface area contributed by atoms with Gasteiger partial charge in [-0.05, 0) is 31.5 Å². The van der Waals surface area contributed by atoms with Gasteiger partial charge >= 0.3 is 0 Å². The fourth-order valence-electron chi connectivity index (χ4n) is 2.33. The number of nitrogens with zero attached hydrogens (tertiary/aromatic N) is 1. The van der Waals surface area contributed by atoms with E-state index < -0.39 is 0 Å². The van der Waals surface area contributed by atoms with Crippen molar-refractivity contribution in [1.82, 2.24) is 4.90 Å². The zero-order chi connectivity index (χ0) is 12.1. The van der Waals surface area contributed by atoms with E-state index >= 15 is 0 Å². The Morgan fingerprint density at radius 1 is 1.00 bits per heavy atom. The summed E-state index contributed by atoms with van der Waals surface area (Å²) < 4.78 is 0. The third-order valence-electron chi connectivity index (χ3n) is 3.32. The molecule has 0 aliphatic carbocycles. The van der Waals surface area contributed by atoms with E-state index in [-0.39, 0.29) is 10.8 Å². The lowest BCUT2D eigenvalue weighted by Gasteiger charge is -2.29. The zero-order valence-electron chi connectivity index (χ0n) is 9.99. The highest BCUT2D eigenvalue weighted by atomic mass is 35.5. The normalized spacial score (nSPS) is 21.1. The van der Waals surface area contributed by atoms with Crippen LogP contribution >= 0.6 is 23.2 Å². The van der Waals surface area contributed by atoms with E-state index in [2.05, 4.69) is 4.90 Å². The van der Waals surface area contributed by atoms with Crippen molar-refractivity contribution in [2.24, 2.45) is 0 Å². The molecule has 1 aromatic carbocycles. The first kappa shape index (κ1) is 13.2. The summed E-state index contributed by atoms with van der Waals surface area (Å²) in [7, 11) is 0. The lowest BCUT2D eigenvalue weighted by Crippen LogP contribution is -2.35. The minimum Gasteiger partial charge on any atom is -0.302 e. The maximum atomic E-state index is 6.43. The smallest absolute Gasteiger partial charge is 0.0761 e. The van der Waals surface area contributed by atoms with Crippen molar-refractivity contribution in [2.45, 2.75) is 30.0 Å². The zero-order valence-corrected chi connectivity index (χ0v) is 11.5. The molecule has 1 fully saturated rings. The number of hydrogen-bond donors (Lipinski definition) is 0. The van der Waals surface area contributed by atoms with Gasteiger partial charge in [0.15, 0.2) is 0 Å². The minimum atomic E-state index is -0.0974. The van der Waals surface area contributed by atoms with Crippen molar-refractivity contribution >= 4 is 23.2 Å². The quantitative estimate of drug-likeness (QED) is 0.747. The molecule has 2 atom stereocenters. The Morgan fingerprint density at radius 2 is 1.65 bits per heavy atom. The van der Waals surface area contributed by atoms with E-state index in [1.54, 1.807) is 0 Å². The van der Waals surface area contributed by atoms with Gasteiger partial charge in [0.2, 0.25) is 0 Å². The Hall–Kier alpha value is -0.240. The topological polar surface area (TPSA) is 3.24 Å². The second-order valence-corrected chi connectivity index (χ2v) is 5.72. The summed E-state index contributed by atoms with van der Waals surface area (Å²) in [6.45, 7) is 3.23. The minimum absolute atomic E-state index is 0.0165. The number of piperidine rings is 1. The average molecular weight is 272 g/mol. The summed E-state index contributed by atoms with van der Waals surface area (Å²) in [5, 5.41) is -0.114. The predicted octanol–water partition coefficient (Wildman–Crippen LogP) is 4.06. The molecule has 0 spiro atoms.